The van der Waals surface area contributed by atoms with Crippen LogP contribution >= 0.6 is 0 Å². The lowest BCUT2D eigenvalue weighted by atomic mass is 10.1. The molecule has 1 saturated heterocycles. The summed E-state index contributed by atoms with van der Waals surface area (Å²) in [5.74, 6) is -0.705. The molecule has 8 nitrogen and oxygen atoms in total. The van der Waals surface area contributed by atoms with E-state index in [1.54, 1.807) is 24.3 Å². The molecule has 2 rings (SSSR count). The lowest BCUT2D eigenvalue weighted by molar-refractivity contribution is -0.123. The Labute approximate surface area is 160 Å². The second-order valence-electron chi connectivity index (χ2n) is 6.71. The van der Waals surface area contributed by atoms with E-state index in [0.29, 0.717) is 30.9 Å². The van der Waals surface area contributed by atoms with Gasteiger partial charge >= 0.3 is 0 Å². The first kappa shape index (κ1) is 20.9. The Hall–Kier alpha value is -2.45. The first-order valence-electron chi connectivity index (χ1n) is 9.39. The molecule has 27 heavy (non-hydrogen) atoms. The molecule has 1 aromatic carbocycles. The number of nitrogens with zero attached hydrogens (tertiary/aromatic N) is 2. The zero-order valence-corrected chi connectivity index (χ0v) is 15.9. The van der Waals surface area contributed by atoms with Crippen molar-refractivity contribution >= 4 is 23.4 Å². The van der Waals surface area contributed by atoms with E-state index in [2.05, 4.69) is 22.5 Å². The Bertz CT molecular complexity index is 657. The van der Waals surface area contributed by atoms with Gasteiger partial charge in [0.2, 0.25) is 11.8 Å². The summed E-state index contributed by atoms with van der Waals surface area (Å²) in [5.41, 5.74) is 6.05. The average Bonchev–Trinajstić information content (AvgIpc) is 2.64. The highest BCUT2D eigenvalue weighted by molar-refractivity contribution is 6.03. The van der Waals surface area contributed by atoms with Crippen molar-refractivity contribution < 1.29 is 14.4 Å². The van der Waals surface area contributed by atoms with E-state index in [1.807, 2.05) is 4.90 Å². The molecule has 0 aliphatic carbocycles. The number of amides is 3. The molecule has 1 aromatic rings. The monoisotopic (exact) mass is 375 g/mol. The topological polar surface area (TPSA) is 108 Å². The van der Waals surface area contributed by atoms with E-state index in [9.17, 15) is 14.4 Å². The molecule has 0 aromatic heterocycles. The number of unbranched alkanes of at least 4 members (excludes halogenated alkanes) is 1. The van der Waals surface area contributed by atoms with Gasteiger partial charge in [0.1, 0.15) is 0 Å². The van der Waals surface area contributed by atoms with Crippen LogP contribution in [-0.2, 0) is 9.59 Å². The summed E-state index contributed by atoms with van der Waals surface area (Å²) in [6.07, 6.45) is 2.05. The van der Waals surface area contributed by atoms with E-state index < -0.39 is 5.91 Å². The quantitative estimate of drug-likeness (QED) is 0.537. The Kier molecular flexibility index (Phi) is 8.22. The van der Waals surface area contributed by atoms with Crippen molar-refractivity contribution in [2.45, 2.75) is 19.8 Å². The Balaban J connectivity index is 1.73. The Morgan fingerprint density at radius 3 is 2.19 bits per heavy atom. The van der Waals surface area contributed by atoms with Gasteiger partial charge in [-0.05, 0) is 18.6 Å². The van der Waals surface area contributed by atoms with E-state index in [0.717, 1.165) is 32.5 Å². The molecular formula is C19H29N5O3. The van der Waals surface area contributed by atoms with Crippen LogP contribution in [0.25, 0.3) is 0 Å². The minimum absolute atomic E-state index is 0.0534. The van der Waals surface area contributed by atoms with Gasteiger partial charge in [0.25, 0.3) is 5.91 Å². The van der Waals surface area contributed by atoms with Crippen molar-refractivity contribution in [1.82, 2.24) is 15.1 Å². The van der Waals surface area contributed by atoms with Crippen LogP contribution in [0.2, 0.25) is 0 Å². The number of rotatable bonds is 9. The van der Waals surface area contributed by atoms with Crippen LogP contribution in [-0.4, -0.2) is 73.3 Å². The molecule has 0 saturated carbocycles. The number of nitrogens with one attached hydrogen (secondary N) is 2. The van der Waals surface area contributed by atoms with Gasteiger partial charge in [-0.15, -0.1) is 0 Å². The van der Waals surface area contributed by atoms with Crippen LogP contribution in [0, 0.1) is 0 Å². The Morgan fingerprint density at radius 1 is 1.00 bits per heavy atom. The number of hydrogen-bond acceptors (Lipinski definition) is 5. The highest BCUT2D eigenvalue weighted by Crippen LogP contribution is 2.14. The highest BCUT2D eigenvalue weighted by Gasteiger charge is 2.21. The predicted octanol–water partition coefficient (Wildman–Crippen LogP) is 0.258. The van der Waals surface area contributed by atoms with Gasteiger partial charge in [-0.3, -0.25) is 24.2 Å². The maximum absolute atomic E-state index is 12.3. The van der Waals surface area contributed by atoms with Gasteiger partial charge in [-0.25, -0.2) is 0 Å². The van der Waals surface area contributed by atoms with E-state index in [4.69, 9.17) is 5.73 Å². The lowest BCUT2D eigenvalue weighted by Crippen LogP contribution is -2.51. The van der Waals surface area contributed by atoms with Gasteiger partial charge < -0.3 is 16.4 Å². The lowest BCUT2D eigenvalue weighted by Gasteiger charge is -2.33. The summed E-state index contributed by atoms with van der Waals surface area (Å²) in [6.45, 7) is 6.37. The van der Waals surface area contributed by atoms with E-state index >= 15 is 0 Å². The molecule has 3 amide bonds. The normalized spacial score (nSPS) is 15.3. The summed E-state index contributed by atoms with van der Waals surface area (Å²) in [6, 6.07) is 6.69. The maximum atomic E-state index is 12.3. The molecule has 1 aliphatic rings. The second-order valence-corrected chi connectivity index (χ2v) is 6.71. The molecule has 0 unspecified atom stereocenters. The third-order valence-electron chi connectivity index (χ3n) is 4.52. The molecule has 0 radical (unpaired) electrons. The largest absolute Gasteiger partial charge is 0.366 e. The zero-order valence-electron chi connectivity index (χ0n) is 15.9. The number of hydrogen-bond donors (Lipinski definition) is 3. The fraction of sp³-hybridized carbons (Fsp3) is 0.526. The third-order valence-corrected chi connectivity index (χ3v) is 4.52. The van der Waals surface area contributed by atoms with Crippen LogP contribution in [0.4, 0.5) is 5.69 Å². The molecule has 4 N–H and O–H groups in total. The molecule has 8 heteroatoms. The standard InChI is InChI=1S/C19H29N5O3/c1-2-3-8-21-17(25)13-23-9-11-24(12-10-23)14-18(26)22-16-7-5-4-6-15(16)19(20)27/h4-7H,2-3,8-14H2,1H3,(H2,20,27)(H,21,25)(H,22,26). The van der Waals surface area contributed by atoms with Crippen molar-refractivity contribution in [3.63, 3.8) is 0 Å². The van der Waals surface area contributed by atoms with Gasteiger partial charge in [0.05, 0.1) is 24.3 Å². The summed E-state index contributed by atoms with van der Waals surface area (Å²) >= 11 is 0. The molecule has 0 atom stereocenters. The van der Waals surface area contributed by atoms with Crippen molar-refractivity contribution in [1.29, 1.82) is 0 Å². The number of piperazine rings is 1. The van der Waals surface area contributed by atoms with Crippen LogP contribution < -0.4 is 16.4 Å². The minimum atomic E-state index is -0.572. The summed E-state index contributed by atoms with van der Waals surface area (Å²) in [7, 11) is 0. The number of para-hydroxylation sites is 1. The number of nitrogens with two attached hydrogens (primary N) is 1. The van der Waals surface area contributed by atoms with Gasteiger partial charge in [0.15, 0.2) is 0 Å². The minimum Gasteiger partial charge on any atom is -0.366 e. The molecule has 0 spiro atoms. The first-order chi connectivity index (χ1) is 13.0. The molecule has 1 fully saturated rings. The summed E-state index contributed by atoms with van der Waals surface area (Å²) in [5, 5.41) is 5.67. The number of benzene rings is 1. The van der Waals surface area contributed by atoms with Crippen molar-refractivity contribution in [2.24, 2.45) is 5.73 Å². The van der Waals surface area contributed by atoms with Crippen LogP contribution in [0.3, 0.4) is 0 Å². The smallest absolute Gasteiger partial charge is 0.250 e. The molecule has 1 heterocycles. The van der Waals surface area contributed by atoms with Crippen LogP contribution in [0.5, 0.6) is 0 Å². The highest BCUT2D eigenvalue weighted by atomic mass is 16.2. The predicted molar refractivity (Wildman–Crippen MR) is 104 cm³/mol. The van der Waals surface area contributed by atoms with E-state index in [1.165, 1.54) is 0 Å². The SMILES string of the molecule is CCCCNC(=O)CN1CCN(CC(=O)Nc2ccccc2C(N)=O)CC1. The third kappa shape index (κ3) is 6.99. The number of primary amides is 1. The number of carbonyl (C=O) groups excluding carboxylic acids is 3. The fourth-order valence-electron chi connectivity index (χ4n) is 2.97. The molecule has 0 bridgehead atoms. The number of carbonyl (C=O) groups is 3. The zero-order chi connectivity index (χ0) is 19.6. The van der Waals surface area contributed by atoms with Gasteiger partial charge in [-0.1, -0.05) is 25.5 Å². The maximum Gasteiger partial charge on any atom is 0.250 e. The van der Waals surface area contributed by atoms with Crippen LogP contribution in [0.15, 0.2) is 24.3 Å². The second kappa shape index (κ2) is 10.6. The van der Waals surface area contributed by atoms with E-state index in [-0.39, 0.29) is 18.4 Å². The van der Waals surface area contributed by atoms with Gasteiger partial charge in [0, 0.05) is 32.7 Å². The van der Waals surface area contributed by atoms with Crippen LogP contribution in [0.1, 0.15) is 30.1 Å². The fourth-order valence-corrected chi connectivity index (χ4v) is 2.97. The molecule has 148 valence electrons. The van der Waals surface area contributed by atoms with Crippen molar-refractivity contribution in [3.8, 4) is 0 Å². The molecular weight excluding hydrogens is 346 g/mol. The Morgan fingerprint density at radius 2 is 1.59 bits per heavy atom. The van der Waals surface area contributed by atoms with Crippen molar-refractivity contribution in [2.75, 3.05) is 51.1 Å². The first-order valence-corrected chi connectivity index (χ1v) is 9.39. The average molecular weight is 375 g/mol. The number of anilines is 1. The molecule has 1 aliphatic heterocycles. The van der Waals surface area contributed by atoms with Gasteiger partial charge in [-0.2, -0.15) is 0 Å². The van der Waals surface area contributed by atoms with Crippen molar-refractivity contribution in [3.05, 3.63) is 29.8 Å². The summed E-state index contributed by atoms with van der Waals surface area (Å²) in [4.78, 5) is 39.7. The summed E-state index contributed by atoms with van der Waals surface area (Å²) < 4.78 is 0.